The van der Waals surface area contributed by atoms with E-state index in [4.69, 9.17) is 14.2 Å². The van der Waals surface area contributed by atoms with Gasteiger partial charge < -0.3 is 24.4 Å². The molecule has 2 aliphatic carbocycles. The number of aliphatic hydroxyl groups is 2. The highest BCUT2D eigenvalue weighted by Crippen LogP contribution is 2.70. The molecule has 7 atom stereocenters. The molecular formula is C21H32O8. The fourth-order valence-corrected chi connectivity index (χ4v) is 6.03. The Labute approximate surface area is 170 Å². The van der Waals surface area contributed by atoms with Crippen molar-refractivity contribution in [1.29, 1.82) is 0 Å². The van der Waals surface area contributed by atoms with Gasteiger partial charge in [0.2, 0.25) is 0 Å². The van der Waals surface area contributed by atoms with Crippen molar-refractivity contribution in [3.05, 3.63) is 0 Å². The van der Waals surface area contributed by atoms with Crippen LogP contribution < -0.4 is 0 Å². The lowest BCUT2D eigenvalue weighted by molar-refractivity contribution is -0.338. The second-order valence-corrected chi connectivity index (χ2v) is 9.41. The fourth-order valence-electron chi connectivity index (χ4n) is 6.03. The molecule has 1 aliphatic heterocycles. The van der Waals surface area contributed by atoms with Gasteiger partial charge in [-0.15, -0.1) is 0 Å². The van der Waals surface area contributed by atoms with Crippen LogP contribution in [0.2, 0.25) is 0 Å². The van der Waals surface area contributed by atoms with Gasteiger partial charge in [-0.2, -0.15) is 0 Å². The molecule has 0 aromatic rings. The standard InChI is InChI=1S/C21H32O8/c1-6-7-16(23)27-11-18(4)19(5,25)15-9-20(10-17(24)29-15)12(2)8-14(21(18,20)26)28-13(3)22/h12,14-15,25-26H,6-11H2,1-5H3/t12-,14+,15-,18-,19+,20+,21+/m1/s1. The number of ether oxygens (including phenoxy) is 3. The highest BCUT2D eigenvalue weighted by atomic mass is 16.6. The zero-order chi connectivity index (χ0) is 21.8. The molecule has 2 N–H and O–H groups in total. The molecule has 164 valence electrons. The third-order valence-electron chi connectivity index (χ3n) is 7.89. The molecule has 2 bridgehead atoms. The lowest BCUT2D eigenvalue weighted by Gasteiger charge is -2.66. The predicted octanol–water partition coefficient (Wildman–Crippen LogP) is 1.50. The van der Waals surface area contributed by atoms with Gasteiger partial charge in [-0.1, -0.05) is 20.8 Å². The van der Waals surface area contributed by atoms with Crippen LogP contribution in [0.15, 0.2) is 0 Å². The van der Waals surface area contributed by atoms with E-state index in [-0.39, 0.29) is 31.8 Å². The van der Waals surface area contributed by atoms with Crippen LogP contribution in [0.3, 0.4) is 0 Å². The number of carbonyl (C=O) groups excluding carboxylic acids is 3. The Morgan fingerprint density at radius 2 is 1.93 bits per heavy atom. The Morgan fingerprint density at radius 1 is 1.28 bits per heavy atom. The van der Waals surface area contributed by atoms with Gasteiger partial charge in [-0.05, 0) is 32.1 Å². The van der Waals surface area contributed by atoms with Gasteiger partial charge in [0.15, 0.2) is 0 Å². The van der Waals surface area contributed by atoms with Crippen LogP contribution in [0.1, 0.15) is 66.7 Å². The summed E-state index contributed by atoms with van der Waals surface area (Å²) in [5, 5.41) is 23.8. The largest absolute Gasteiger partial charge is 0.465 e. The van der Waals surface area contributed by atoms with Crippen molar-refractivity contribution in [1.82, 2.24) is 0 Å². The van der Waals surface area contributed by atoms with E-state index in [2.05, 4.69) is 0 Å². The minimum atomic E-state index is -1.78. The van der Waals surface area contributed by atoms with Crippen molar-refractivity contribution >= 4 is 17.9 Å². The molecule has 8 nitrogen and oxygen atoms in total. The molecule has 3 aliphatic rings. The zero-order valence-electron chi connectivity index (χ0n) is 17.8. The third-order valence-corrected chi connectivity index (χ3v) is 7.89. The average molecular weight is 412 g/mol. The van der Waals surface area contributed by atoms with Gasteiger partial charge in [-0.25, -0.2) is 0 Å². The van der Waals surface area contributed by atoms with Crippen LogP contribution in [-0.4, -0.2) is 58.1 Å². The molecule has 0 aromatic heterocycles. The monoisotopic (exact) mass is 412 g/mol. The molecule has 0 aromatic carbocycles. The second-order valence-electron chi connectivity index (χ2n) is 9.41. The summed E-state index contributed by atoms with van der Waals surface area (Å²) in [5.41, 5.74) is -5.88. The van der Waals surface area contributed by atoms with Crippen molar-refractivity contribution in [2.75, 3.05) is 6.61 Å². The first-order valence-electron chi connectivity index (χ1n) is 10.3. The van der Waals surface area contributed by atoms with Crippen LogP contribution in [0.25, 0.3) is 0 Å². The van der Waals surface area contributed by atoms with Crippen molar-refractivity contribution < 1.29 is 38.8 Å². The van der Waals surface area contributed by atoms with Crippen LogP contribution >= 0.6 is 0 Å². The van der Waals surface area contributed by atoms with E-state index in [1.807, 2.05) is 13.8 Å². The molecule has 0 amide bonds. The van der Waals surface area contributed by atoms with Crippen LogP contribution in [-0.2, 0) is 28.6 Å². The van der Waals surface area contributed by atoms with Gasteiger partial charge in [0.25, 0.3) is 0 Å². The van der Waals surface area contributed by atoms with Gasteiger partial charge in [0.1, 0.15) is 30.0 Å². The molecule has 0 unspecified atom stereocenters. The molecule has 1 heterocycles. The molecule has 1 spiro atoms. The topological polar surface area (TPSA) is 119 Å². The lowest BCUT2D eigenvalue weighted by Crippen LogP contribution is -2.79. The minimum absolute atomic E-state index is 0.0481. The molecule has 3 rings (SSSR count). The Bertz CT molecular complexity index is 717. The number of rotatable bonds is 5. The summed E-state index contributed by atoms with van der Waals surface area (Å²) in [6.45, 7) is 7.85. The Kier molecular flexibility index (Phi) is 5.27. The number of esters is 3. The first kappa shape index (κ1) is 22.0. The summed E-state index contributed by atoms with van der Waals surface area (Å²) < 4.78 is 16.5. The Balaban J connectivity index is 2.14. The minimum Gasteiger partial charge on any atom is -0.465 e. The van der Waals surface area contributed by atoms with Crippen molar-refractivity contribution in [2.24, 2.45) is 16.7 Å². The predicted molar refractivity (Wildman–Crippen MR) is 100 cm³/mol. The van der Waals surface area contributed by atoms with E-state index in [1.54, 1.807) is 6.92 Å². The Morgan fingerprint density at radius 3 is 2.52 bits per heavy atom. The molecule has 3 fully saturated rings. The molecule has 8 heteroatoms. The first-order valence-corrected chi connectivity index (χ1v) is 10.3. The smallest absolute Gasteiger partial charge is 0.306 e. The van der Waals surface area contributed by atoms with Crippen molar-refractivity contribution in [2.45, 2.75) is 90.1 Å². The second kappa shape index (κ2) is 6.94. The van der Waals surface area contributed by atoms with E-state index >= 15 is 0 Å². The number of hydrogen-bond acceptors (Lipinski definition) is 8. The summed E-state index contributed by atoms with van der Waals surface area (Å²) in [4.78, 5) is 36.4. The van der Waals surface area contributed by atoms with Crippen molar-refractivity contribution in [3.8, 4) is 0 Å². The van der Waals surface area contributed by atoms with Crippen LogP contribution in [0.4, 0.5) is 0 Å². The molecular weight excluding hydrogens is 380 g/mol. The first-order chi connectivity index (χ1) is 13.4. The number of carbonyl (C=O) groups is 3. The Hall–Kier alpha value is -1.67. The normalized spacial score (nSPS) is 45.9. The van der Waals surface area contributed by atoms with Gasteiger partial charge in [0.05, 0.1) is 11.8 Å². The maximum atomic E-state index is 12.4. The van der Waals surface area contributed by atoms with Gasteiger partial charge >= 0.3 is 17.9 Å². The maximum absolute atomic E-state index is 12.4. The quantitative estimate of drug-likeness (QED) is 0.515. The van der Waals surface area contributed by atoms with Crippen LogP contribution in [0.5, 0.6) is 0 Å². The van der Waals surface area contributed by atoms with Gasteiger partial charge in [-0.3, -0.25) is 14.4 Å². The zero-order valence-corrected chi connectivity index (χ0v) is 17.8. The van der Waals surface area contributed by atoms with Crippen molar-refractivity contribution in [3.63, 3.8) is 0 Å². The summed E-state index contributed by atoms with van der Waals surface area (Å²) >= 11 is 0. The molecule has 1 saturated heterocycles. The molecule has 0 radical (unpaired) electrons. The summed E-state index contributed by atoms with van der Waals surface area (Å²) in [6.07, 6.45) is -0.449. The maximum Gasteiger partial charge on any atom is 0.306 e. The van der Waals surface area contributed by atoms with E-state index in [1.165, 1.54) is 13.8 Å². The molecule has 2 saturated carbocycles. The SMILES string of the molecule is CCCC(=O)OC[C@@]1(C)[C@@]2(O)[C@@H](OC(C)=O)C[C@@H](C)[C@]23CC(=O)O[C@H](C3)[C@]1(C)O. The lowest BCUT2D eigenvalue weighted by atomic mass is 9.44. The average Bonchev–Trinajstić information content (AvgIpc) is 2.80. The summed E-state index contributed by atoms with van der Waals surface area (Å²) in [6, 6.07) is 0. The highest BCUT2D eigenvalue weighted by molar-refractivity contribution is 5.73. The van der Waals surface area contributed by atoms with E-state index < -0.39 is 52.1 Å². The number of fused-ring (bicyclic) bond motifs is 1. The molecule has 29 heavy (non-hydrogen) atoms. The highest BCUT2D eigenvalue weighted by Gasteiger charge is 2.81. The fraction of sp³-hybridized carbons (Fsp3) is 0.857. The summed E-state index contributed by atoms with van der Waals surface area (Å²) in [7, 11) is 0. The third kappa shape index (κ3) is 2.82. The van der Waals surface area contributed by atoms with E-state index in [0.29, 0.717) is 12.8 Å². The van der Waals surface area contributed by atoms with E-state index in [9.17, 15) is 24.6 Å². The number of hydrogen-bond donors (Lipinski definition) is 2. The van der Waals surface area contributed by atoms with Gasteiger partial charge in [0, 0.05) is 18.8 Å². The summed E-state index contributed by atoms with van der Waals surface area (Å²) in [5.74, 6) is -1.67. The van der Waals surface area contributed by atoms with E-state index in [0.717, 1.165) is 0 Å². The van der Waals surface area contributed by atoms with Crippen LogP contribution in [0, 0.1) is 16.7 Å².